The molecule has 150 valence electrons. The zero-order valence-corrected chi connectivity index (χ0v) is 17.1. The van der Waals surface area contributed by atoms with E-state index in [4.69, 9.17) is 9.47 Å². The smallest absolute Gasteiger partial charge is 0.334 e. The number of ether oxygens (including phenoxy) is 2. The third-order valence-electron chi connectivity index (χ3n) is 3.82. The molecule has 4 heteroatoms. The van der Waals surface area contributed by atoms with E-state index in [9.17, 15) is 9.59 Å². The number of hydrogen-bond acceptors (Lipinski definition) is 4. The molecule has 0 N–H and O–H groups in total. The highest BCUT2D eigenvalue weighted by Gasteiger charge is 2.01. The molecule has 0 saturated heterocycles. The zero-order chi connectivity index (χ0) is 21.9. The Labute approximate surface area is 177 Å². The number of esters is 2. The van der Waals surface area contributed by atoms with Gasteiger partial charge in [0.05, 0.1) is 0 Å². The Morgan fingerprint density at radius 1 is 0.700 bits per heavy atom. The van der Waals surface area contributed by atoms with Crippen LogP contribution in [0.1, 0.15) is 25.0 Å². The Morgan fingerprint density at radius 2 is 1.03 bits per heavy atom. The van der Waals surface area contributed by atoms with Crippen LogP contribution in [0.15, 0.2) is 72.8 Å². The van der Waals surface area contributed by atoms with Gasteiger partial charge in [-0.25, -0.2) is 9.59 Å². The summed E-state index contributed by atoms with van der Waals surface area (Å²) in [6, 6.07) is 15.5. The SMILES string of the molecule is C=C(C)C(=O)OCC#Cc1ccc(-c2ccc(C#CCOC(=O)C(=C)C)cc2)cc1. The topological polar surface area (TPSA) is 52.6 Å². The minimum atomic E-state index is -0.444. The van der Waals surface area contributed by atoms with Crippen LogP contribution >= 0.6 is 0 Å². The van der Waals surface area contributed by atoms with Gasteiger partial charge < -0.3 is 9.47 Å². The van der Waals surface area contributed by atoms with Gasteiger partial charge in [-0.2, -0.15) is 0 Å². The predicted octanol–water partition coefficient (Wildman–Crippen LogP) is 4.30. The maximum absolute atomic E-state index is 11.3. The van der Waals surface area contributed by atoms with E-state index in [0.29, 0.717) is 11.1 Å². The predicted molar refractivity (Wildman–Crippen MR) is 117 cm³/mol. The van der Waals surface area contributed by atoms with Crippen LogP contribution in [-0.2, 0) is 19.1 Å². The van der Waals surface area contributed by atoms with Gasteiger partial charge in [0.15, 0.2) is 13.2 Å². The van der Waals surface area contributed by atoms with Gasteiger partial charge in [0.1, 0.15) is 0 Å². The summed E-state index contributed by atoms with van der Waals surface area (Å²) in [6.45, 7) is 10.3. The number of benzene rings is 2. The van der Waals surface area contributed by atoms with Crippen molar-refractivity contribution in [2.75, 3.05) is 13.2 Å². The first-order valence-electron chi connectivity index (χ1n) is 9.20. The Bertz CT molecular complexity index is 977. The van der Waals surface area contributed by atoms with Crippen molar-refractivity contribution in [1.82, 2.24) is 0 Å². The highest BCUT2D eigenvalue weighted by Crippen LogP contribution is 2.20. The lowest BCUT2D eigenvalue weighted by molar-refractivity contribution is -0.138. The third kappa shape index (κ3) is 7.19. The summed E-state index contributed by atoms with van der Waals surface area (Å²) >= 11 is 0. The fourth-order valence-electron chi connectivity index (χ4n) is 2.22. The number of carbonyl (C=O) groups is 2. The highest BCUT2D eigenvalue weighted by molar-refractivity contribution is 5.87. The molecule has 4 nitrogen and oxygen atoms in total. The van der Waals surface area contributed by atoms with Crippen LogP contribution in [0.5, 0.6) is 0 Å². The first kappa shape index (κ1) is 22.3. The van der Waals surface area contributed by atoms with Crippen LogP contribution < -0.4 is 0 Å². The van der Waals surface area contributed by atoms with E-state index in [0.717, 1.165) is 22.3 Å². The summed E-state index contributed by atoms with van der Waals surface area (Å²) in [6.07, 6.45) is 0. The summed E-state index contributed by atoms with van der Waals surface area (Å²) < 4.78 is 9.87. The Balaban J connectivity index is 1.93. The van der Waals surface area contributed by atoms with Gasteiger partial charge in [-0.3, -0.25) is 0 Å². The monoisotopic (exact) mass is 398 g/mol. The van der Waals surface area contributed by atoms with E-state index in [1.807, 2.05) is 48.5 Å². The van der Waals surface area contributed by atoms with Gasteiger partial charge in [0, 0.05) is 22.3 Å². The lowest BCUT2D eigenvalue weighted by atomic mass is 10.0. The summed E-state index contributed by atoms with van der Waals surface area (Å²) in [5.74, 6) is 10.6. The zero-order valence-electron chi connectivity index (χ0n) is 17.1. The molecular formula is C26H22O4. The van der Waals surface area contributed by atoms with Gasteiger partial charge in [0.2, 0.25) is 0 Å². The summed E-state index contributed by atoms with van der Waals surface area (Å²) in [5.41, 5.74) is 4.45. The van der Waals surface area contributed by atoms with E-state index in [1.54, 1.807) is 13.8 Å². The Morgan fingerprint density at radius 3 is 1.33 bits per heavy atom. The molecule has 0 aliphatic carbocycles. The second kappa shape index (κ2) is 11.1. The van der Waals surface area contributed by atoms with Crippen molar-refractivity contribution in [2.45, 2.75) is 13.8 Å². The van der Waals surface area contributed by atoms with Crippen LogP contribution in [0.2, 0.25) is 0 Å². The van der Waals surface area contributed by atoms with Crippen molar-refractivity contribution in [3.8, 4) is 34.8 Å². The molecule has 0 unspecified atom stereocenters. The molecule has 0 radical (unpaired) electrons. The van der Waals surface area contributed by atoms with Crippen molar-refractivity contribution in [2.24, 2.45) is 0 Å². The van der Waals surface area contributed by atoms with Gasteiger partial charge in [-0.15, -0.1) is 0 Å². The molecule has 0 heterocycles. The minimum Gasteiger partial charge on any atom is -0.449 e. The first-order chi connectivity index (χ1) is 14.4. The van der Waals surface area contributed by atoms with Gasteiger partial charge in [-0.05, 0) is 49.2 Å². The maximum Gasteiger partial charge on any atom is 0.334 e. The lowest BCUT2D eigenvalue weighted by Crippen LogP contribution is -2.04. The van der Waals surface area contributed by atoms with Gasteiger partial charge in [-0.1, -0.05) is 61.1 Å². The van der Waals surface area contributed by atoms with Crippen molar-refractivity contribution in [3.63, 3.8) is 0 Å². The first-order valence-corrected chi connectivity index (χ1v) is 9.20. The van der Waals surface area contributed by atoms with Gasteiger partial charge >= 0.3 is 11.9 Å². The lowest BCUT2D eigenvalue weighted by Gasteiger charge is -2.02. The average Bonchev–Trinajstić information content (AvgIpc) is 2.74. The number of hydrogen-bond donors (Lipinski definition) is 0. The normalized spacial score (nSPS) is 9.27. The van der Waals surface area contributed by atoms with Crippen LogP contribution in [0.25, 0.3) is 11.1 Å². The second-order valence-electron chi connectivity index (χ2n) is 6.47. The molecule has 2 rings (SSSR count). The van der Waals surface area contributed by atoms with Crippen molar-refractivity contribution >= 4 is 11.9 Å². The minimum absolute atomic E-state index is 0.0301. The summed E-state index contributed by atoms with van der Waals surface area (Å²) in [5, 5.41) is 0. The molecule has 0 fully saturated rings. The van der Waals surface area contributed by atoms with Crippen LogP contribution in [0, 0.1) is 23.7 Å². The number of rotatable bonds is 5. The Kier molecular flexibility index (Phi) is 8.24. The van der Waals surface area contributed by atoms with Gasteiger partial charge in [0.25, 0.3) is 0 Å². The maximum atomic E-state index is 11.3. The van der Waals surface area contributed by atoms with Crippen molar-refractivity contribution in [3.05, 3.63) is 84.0 Å². The van der Waals surface area contributed by atoms with E-state index in [1.165, 1.54) is 0 Å². The molecule has 2 aromatic carbocycles. The molecule has 0 spiro atoms. The average molecular weight is 398 g/mol. The van der Waals surface area contributed by atoms with E-state index in [2.05, 4.69) is 36.8 Å². The van der Waals surface area contributed by atoms with E-state index in [-0.39, 0.29) is 13.2 Å². The molecule has 30 heavy (non-hydrogen) atoms. The summed E-state index contributed by atoms with van der Waals surface area (Å²) in [7, 11) is 0. The molecule has 0 aromatic heterocycles. The van der Waals surface area contributed by atoms with Crippen LogP contribution in [0.3, 0.4) is 0 Å². The largest absolute Gasteiger partial charge is 0.449 e. The highest BCUT2D eigenvalue weighted by atomic mass is 16.5. The third-order valence-corrected chi connectivity index (χ3v) is 3.82. The quantitative estimate of drug-likeness (QED) is 0.428. The van der Waals surface area contributed by atoms with Crippen LogP contribution in [-0.4, -0.2) is 25.2 Å². The van der Waals surface area contributed by atoms with E-state index < -0.39 is 11.9 Å². The van der Waals surface area contributed by atoms with Crippen molar-refractivity contribution < 1.29 is 19.1 Å². The second-order valence-corrected chi connectivity index (χ2v) is 6.47. The molecule has 0 atom stereocenters. The molecule has 0 saturated carbocycles. The fraction of sp³-hybridized carbons (Fsp3) is 0.154. The molecule has 0 amide bonds. The molecular weight excluding hydrogens is 376 g/mol. The van der Waals surface area contributed by atoms with Crippen molar-refractivity contribution in [1.29, 1.82) is 0 Å². The molecule has 2 aromatic rings. The van der Waals surface area contributed by atoms with Crippen LogP contribution in [0.4, 0.5) is 0 Å². The molecule has 0 aliphatic heterocycles. The van der Waals surface area contributed by atoms with E-state index >= 15 is 0 Å². The summed E-state index contributed by atoms with van der Waals surface area (Å²) in [4.78, 5) is 22.6. The molecule has 0 aliphatic rings. The Hall–Kier alpha value is -4.02. The fourth-order valence-corrected chi connectivity index (χ4v) is 2.22. The standard InChI is InChI=1S/C26H22O4/c1-19(2)25(27)29-17-5-7-21-9-13-23(14-10-21)24-15-11-22(12-16-24)8-6-18-30-26(28)20(3)4/h9-16H,1,3,17-18H2,2,4H3. The molecule has 0 bridgehead atoms. The number of carbonyl (C=O) groups excluding carboxylic acids is 2.